The van der Waals surface area contributed by atoms with E-state index in [9.17, 15) is 8.42 Å². The predicted octanol–water partition coefficient (Wildman–Crippen LogP) is 1.43. The topological polar surface area (TPSA) is 40.6 Å². The Labute approximate surface area is 101 Å². The molecule has 1 fully saturated rings. The zero-order chi connectivity index (χ0) is 11.5. The highest BCUT2D eigenvalue weighted by atomic mass is 79.9. The third-order valence-corrected chi connectivity index (χ3v) is 4.79. The standard InChI is InChI=1S/C9H19BrN2O2S/c1-9(10)8-11(2)15(13,14)12-6-4-3-5-7-12/h9H,3-8H2,1-2H3. The van der Waals surface area contributed by atoms with Gasteiger partial charge in [-0.2, -0.15) is 17.0 Å². The molecule has 1 aliphatic heterocycles. The van der Waals surface area contributed by atoms with Crippen molar-refractivity contribution in [2.24, 2.45) is 0 Å². The first-order valence-electron chi connectivity index (χ1n) is 5.30. The Kier molecular flexibility index (Phi) is 5.02. The van der Waals surface area contributed by atoms with Crippen LogP contribution in [-0.4, -0.2) is 48.5 Å². The molecular weight excluding hydrogens is 280 g/mol. The Hall–Kier alpha value is 0.350. The number of hydrogen-bond acceptors (Lipinski definition) is 2. The Morgan fingerprint density at radius 1 is 1.33 bits per heavy atom. The summed E-state index contributed by atoms with van der Waals surface area (Å²) >= 11 is 3.37. The minimum Gasteiger partial charge on any atom is -0.195 e. The maximum Gasteiger partial charge on any atom is 0.281 e. The number of rotatable bonds is 4. The Bertz CT molecular complexity index is 286. The molecule has 1 heterocycles. The van der Waals surface area contributed by atoms with E-state index in [0.29, 0.717) is 19.6 Å². The lowest BCUT2D eigenvalue weighted by atomic mass is 10.2. The number of alkyl halides is 1. The van der Waals surface area contributed by atoms with Gasteiger partial charge in [0.05, 0.1) is 0 Å². The van der Waals surface area contributed by atoms with Crippen molar-refractivity contribution in [2.45, 2.75) is 31.0 Å². The molecule has 0 aromatic heterocycles. The summed E-state index contributed by atoms with van der Waals surface area (Å²) in [5, 5.41) is 0. The van der Waals surface area contributed by atoms with E-state index in [2.05, 4.69) is 15.9 Å². The van der Waals surface area contributed by atoms with E-state index < -0.39 is 10.2 Å². The van der Waals surface area contributed by atoms with Crippen LogP contribution in [0.2, 0.25) is 0 Å². The van der Waals surface area contributed by atoms with Gasteiger partial charge in [-0.3, -0.25) is 0 Å². The molecule has 4 nitrogen and oxygen atoms in total. The second-order valence-electron chi connectivity index (χ2n) is 4.03. The van der Waals surface area contributed by atoms with Crippen molar-refractivity contribution in [2.75, 3.05) is 26.7 Å². The van der Waals surface area contributed by atoms with Crippen molar-refractivity contribution in [3.05, 3.63) is 0 Å². The van der Waals surface area contributed by atoms with Crippen LogP contribution < -0.4 is 0 Å². The minimum atomic E-state index is -3.22. The van der Waals surface area contributed by atoms with Crippen LogP contribution in [0.15, 0.2) is 0 Å². The molecule has 0 saturated carbocycles. The van der Waals surface area contributed by atoms with Gasteiger partial charge in [-0.25, -0.2) is 0 Å². The summed E-state index contributed by atoms with van der Waals surface area (Å²) < 4.78 is 27.1. The molecule has 1 unspecified atom stereocenters. The maximum absolute atomic E-state index is 12.1. The smallest absolute Gasteiger partial charge is 0.195 e. The maximum atomic E-state index is 12.1. The number of hydrogen-bond donors (Lipinski definition) is 0. The summed E-state index contributed by atoms with van der Waals surface area (Å²) in [6.07, 6.45) is 3.11. The van der Waals surface area contributed by atoms with Crippen LogP contribution in [0.4, 0.5) is 0 Å². The number of nitrogens with zero attached hydrogens (tertiary/aromatic N) is 2. The lowest BCUT2D eigenvalue weighted by Gasteiger charge is -2.30. The molecule has 15 heavy (non-hydrogen) atoms. The van der Waals surface area contributed by atoms with Gasteiger partial charge in [0.15, 0.2) is 0 Å². The van der Waals surface area contributed by atoms with Gasteiger partial charge >= 0.3 is 0 Å². The van der Waals surface area contributed by atoms with Crippen LogP contribution >= 0.6 is 15.9 Å². The van der Waals surface area contributed by atoms with Crippen LogP contribution in [-0.2, 0) is 10.2 Å². The molecule has 1 atom stereocenters. The van der Waals surface area contributed by atoms with E-state index in [1.54, 1.807) is 11.4 Å². The molecule has 0 aromatic rings. The van der Waals surface area contributed by atoms with Crippen LogP contribution in [0.5, 0.6) is 0 Å². The normalized spacial score (nSPS) is 21.9. The average molecular weight is 299 g/mol. The van der Waals surface area contributed by atoms with Crippen LogP contribution in [0.3, 0.4) is 0 Å². The van der Waals surface area contributed by atoms with E-state index in [-0.39, 0.29) is 4.83 Å². The predicted molar refractivity (Wildman–Crippen MR) is 65.4 cm³/mol. The van der Waals surface area contributed by atoms with Crippen molar-refractivity contribution < 1.29 is 8.42 Å². The second-order valence-corrected chi connectivity index (χ2v) is 7.63. The largest absolute Gasteiger partial charge is 0.281 e. The third kappa shape index (κ3) is 3.69. The van der Waals surface area contributed by atoms with Gasteiger partial charge in [0, 0.05) is 31.5 Å². The molecule has 0 N–H and O–H groups in total. The first-order valence-corrected chi connectivity index (χ1v) is 7.61. The first-order chi connectivity index (χ1) is 6.94. The molecular formula is C9H19BrN2O2S. The first kappa shape index (κ1) is 13.4. The summed E-state index contributed by atoms with van der Waals surface area (Å²) in [5.74, 6) is 0. The van der Waals surface area contributed by atoms with Gasteiger partial charge in [0.1, 0.15) is 0 Å². The van der Waals surface area contributed by atoms with E-state index in [1.165, 1.54) is 4.31 Å². The molecule has 0 aliphatic carbocycles. The van der Waals surface area contributed by atoms with Crippen LogP contribution in [0.1, 0.15) is 26.2 Å². The van der Waals surface area contributed by atoms with Crippen molar-refractivity contribution >= 4 is 26.1 Å². The van der Waals surface area contributed by atoms with Gasteiger partial charge in [0.2, 0.25) is 0 Å². The Balaban J connectivity index is 2.63. The van der Waals surface area contributed by atoms with Gasteiger partial charge in [-0.05, 0) is 12.8 Å². The third-order valence-electron chi connectivity index (χ3n) is 2.54. The molecule has 90 valence electrons. The molecule has 1 rings (SSSR count). The molecule has 0 spiro atoms. The molecule has 1 aliphatic rings. The molecule has 0 amide bonds. The van der Waals surface area contributed by atoms with Gasteiger partial charge in [-0.1, -0.05) is 29.3 Å². The SMILES string of the molecule is CC(Br)CN(C)S(=O)(=O)N1CCCCC1. The fraction of sp³-hybridized carbons (Fsp3) is 1.00. The fourth-order valence-electron chi connectivity index (χ4n) is 1.74. The van der Waals surface area contributed by atoms with Crippen molar-refractivity contribution in [1.29, 1.82) is 0 Å². The summed E-state index contributed by atoms with van der Waals surface area (Å²) in [5.41, 5.74) is 0. The lowest BCUT2D eigenvalue weighted by molar-refractivity contribution is 0.316. The van der Waals surface area contributed by atoms with Crippen LogP contribution in [0, 0.1) is 0 Å². The highest BCUT2D eigenvalue weighted by Gasteiger charge is 2.28. The van der Waals surface area contributed by atoms with E-state index in [1.807, 2.05) is 6.92 Å². The minimum absolute atomic E-state index is 0.182. The average Bonchev–Trinajstić information content (AvgIpc) is 2.18. The molecule has 0 radical (unpaired) electrons. The number of halogens is 1. The van der Waals surface area contributed by atoms with Crippen molar-refractivity contribution in [3.8, 4) is 0 Å². The monoisotopic (exact) mass is 298 g/mol. The number of piperidine rings is 1. The lowest BCUT2D eigenvalue weighted by Crippen LogP contribution is -2.45. The summed E-state index contributed by atoms with van der Waals surface area (Å²) in [6.45, 7) is 3.80. The molecule has 0 bridgehead atoms. The zero-order valence-electron chi connectivity index (χ0n) is 9.32. The summed E-state index contributed by atoms with van der Waals surface area (Å²) in [7, 11) is -1.58. The Morgan fingerprint density at radius 3 is 2.33 bits per heavy atom. The molecule has 0 aromatic carbocycles. The molecule has 1 saturated heterocycles. The highest BCUT2D eigenvalue weighted by Crippen LogP contribution is 2.16. The van der Waals surface area contributed by atoms with Crippen molar-refractivity contribution in [1.82, 2.24) is 8.61 Å². The van der Waals surface area contributed by atoms with Crippen LogP contribution in [0.25, 0.3) is 0 Å². The summed E-state index contributed by atoms with van der Waals surface area (Å²) in [4.78, 5) is 0.182. The fourth-order valence-corrected chi connectivity index (χ4v) is 3.89. The van der Waals surface area contributed by atoms with E-state index >= 15 is 0 Å². The zero-order valence-corrected chi connectivity index (χ0v) is 11.7. The second kappa shape index (κ2) is 5.61. The van der Waals surface area contributed by atoms with E-state index in [4.69, 9.17) is 0 Å². The highest BCUT2D eigenvalue weighted by molar-refractivity contribution is 9.09. The van der Waals surface area contributed by atoms with Gasteiger partial charge < -0.3 is 0 Å². The van der Waals surface area contributed by atoms with Gasteiger partial charge in [0.25, 0.3) is 10.2 Å². The quantitative estimate of drug-likeness (QED) is 0.737. The van der Waals surface area contributed by atoms with Crippen molar-refractivity contribution in [3.63, 3.8) is 0 Å². The van der Waals surface area contributed by atoms with E-state index in [0.717, 1.165) is 19.3 Å². The molecule has 6 heteroatoms. The summed E-state index contributed by atoms with van der Waals surface area (Å²) in [6, 6.07) is 0. The van der Waals surface area contributed by atoms with Gasteiger partial charge in [-0.15, -0.1) is 0 Å². The Morgan fingerprint density at radius 2 is 1.87 bits per heavy atom.